The second-order valence-electron chi connectivity index (χ2n) is 6.66. The van der Waals surface area contributed by atoms with E-state index < -0.39 is 16.9 Å². The third kappa shape index (κ3) is 3.66. The molecule has 1 N–H and O–H groups in total. The van der Waals surface area contributed by atoms with E-state index in [4.69, 9.17) is 4.12 Å². The van der Waals surface area contributed by atoms with Gasteiger partial charge in [0.05, 0.1) is 0 Å². The predicted molar refractivity (Wildman–Crippen MR) is 81.1 cm³/mol. The minimum absolute atomic E-state index is 0.256. The minimum atomic E-state index is -2.60. The summed E-state index contributed by atoms with van der Waals surface area (Å²) in [5.41, 5.74) is 1.59. The Bertz CT molecular complexity index is 198. The summed E-state index contributed by atoms with van der Waals surface area (Å²) < 4.78 is 6.50. The molecule has 17 heavy (non-hydrogen) atoms. The van der Waals surface area contributed by atoms with Gasteiger partial charge in [-0.25, -0.2) is 0 Å². The maximum atomic E-state index is 11.0. The Morgan fingerprint density at radius 1 is 0.706 bits per heavy atom. The largest absolute Gasteiger partial charge is 0.435 e. The fraction of sp³-hybridized carbons (Fsp3) is 1.00. The highest BCUT2D eigenvalue weighted by Crippen LogP contribution is 2.41. The van der Waals surface area contributed by atoms with Gasteiger partial charge in [0, 0.05) is 0 Å². The molecule has 0 bridgehead atoms. The lowest BCUT2D eigenvalue weighted by Gasteiger charge is -2.45. The first kappa shape index (κ1) is 17.4. The molecule has 0 rings (SSSR count). The Hall–Kier alpha value is 0.354. The first-order chi connectivity index (χ1) is 7.48. The molecule has 0 aromatic heterocycles. The first-order valence-corrected chi connectivity index (χ1v) is 11.5. The van der Waals surface area contributed by atoms with Crippen molar-refractivity contribution >= 4 is 16.9 Å². The van der Waals surface area contributed by atoms with Crippen LogP contribution in [0.2, 0.25) is 28.7 Å². The molecular weight excluding hydrogens is 244 g/mol. The van der Waals surface area contributed by atoms with Crippen molar-refractivity contribution in [3.05, 3.63) is 0 Å². The molecule has 0 unspecified atom stereocenters. The van der Waals surface area contributed by atoms with Crippen LogP contribution in [0.5, 0.6) is 0 Å². The minimum Gasteiger partial charge on any atom is -0.435 e. The van der Waals surface area contributed by atoms with Gasteiger partial charge in [0.2, 0.25) is 0 Å². The SMILES string of the molecule is CC(C)[Si](C)(O[Si](O)(C(C)C)C(C)C)C(C)C. The van der Waals surface area contributed by atoms with Crippen LogP contribution in [0, 0.1) is 0 Å². The van der Waals surface area contributed by atoms with Crippen molar-refractivity contribution in [1.29, 1.82) is 0 Å². The molecule has 0 heterocycles. The molecule has 0 fully saturated rings. The number of hydrogen-bond donors (Lipinski definition) is 1. The fourth-order valence-corrected chi connectivity index (χ4v) is 11.4. The highest BCUT2D eigenvalue weighted by Gasteiger charge is 2.49. The van der Waals surface area contributed by atoms with Crippen molar-refractivity contribution in [3.8, 4) is 0 Å². The van der Waals surface area contributed by atoms with Crippen LogP contribution in [-0.2, 0) is 4.12 Å². The van der Waals surface area contributed by atoms with Gasteiger partial charge in [0.15, 0.2) is 8.32 Å². The molecule has 0 atom stereocenters. The second-order valence-corrected chi connectivity index (χ2v) is 16.0. The molecule has 0 spiro atoms. The summed E-state index contributed by atoms with van der Waals surface area (Å²) in [6.07, 6.45) is 0. The van der Waals surface area contributed by atoms with E-state index >= 15 is 0 Å². The van der Waals surface area contributed by atoms with Crippen molar-refractivity contribution in [2.45, 2.75) is 84.1 Å². The highest BCUT2D eigenvalue weighted by molar-refractivity contribution is 6.85. The summed E-state index contributed by atoms with van der Waals surface area (Å²) in [7, 11) is -4.46. The molecule has 4 heteroatoms. The molecule has 0 amide bonds. The van der Waals surface area contributed by atoms with Crippen molar-refractivity contribution in [2.24, 2.45) is 0 Å². The maximum Gasteiger partial charge on any atom is 0.330 e. The van der Waals surface area contributed by atoms with Gasteiger partial charge in [-0.2, -0.15) is 0 Å². The molecule has 0 aromatic carbocycles. The van der Waals surface area contributed by atoms with Gasteiger partial charge >= 0.3 is 8.56 Å². The van der Waals surface area contributed by atoms with E-state index in [0.29, 0.717) is 11.1 Å². The zero-order chi connectivity index (χ0) is 14.0. The summed E-state index contributed by atoms with van der Waals surface area (Å²) in [6.45, 7) is 19.6. The Kier molecular flexibility index (Phi) is 6.12. The third-order valence-electron chi connectivity index (χ3n) is 4.33. The molecule has 0 radical (unpaired) electrons. The van der Waals surface area contributed by atoms with Crippen LogP contribution >= 0.6 is 0 Å². The summed E-state index contributed by atoms with van der Waals surface area (Å²) in [6, 6.07) is 0. The number of hydrogen-bond acceptors (Lipinski definition) is 2. The van der Waals surface area contributed by atoms with Gasteiger partial charge in [-0.3, -0.25) is 0 Å². The topological polar surface area (TPSA) is 29.5 Å². The van der Waals surface area contributed by atoms with Gasteiger partial charge < -0.3 is 8.91 Å². The zero-order valence-corrected chi connectivity index (χ0v) is 15.2. The average molecular weight is 277 g/mol. The van der Waals surface area contributed by atoms with Crippen LogP contribution in [0.1, 0.15) is 55.4 Å². The smallest absolute Gasteiger partial charge is 0.330 e. The fourth-order valence-electron chi connectivity index (χ4n) is 2.16. The van der Waals surface area contributed by atoms with E-state index in [1.165, 1.54) is 0 Å². The molecule has 0 aromatic rings. The van der Waals surface area contributed by atoms with Crippen LogP contribution in [-0.4, -0.2) is 21.7 Å². The molecule has 0 aliphatic rings. The average Bonchev–Trinajstić information content (AvgIpc) is 2.15. The van der Waals surface area contributed by atoms with E-state index in [-0.39, 0.29) is 11.1 Å². The highest BCUT2D eigenvalue weighted by atomic mass is 28.4. The normalized spacial score (nSPS) is 14.5. The Labute approximate surface area is 110 Å². The standard InChI is InChI=1S/C13H32O2Si2/c1-10(2)16(9,11(3)4)15-17(14,12(5)6)13(7)8/h10-14H,1-9H3. The van der Waals surface area contributed by atoms with Gasteiger partial charge in [0.1, 0.15) is 0 Å². The summed E-state index contributed by atoms with van der Waals surface area (Å²) in [4.78, 5) is 11.0. The summed E-state index contributed by atoms with van der Waals surface area (Å²) >= 11 is 0. The molecule has 104 valence electrons. The van der Waals surface area contributed by atoms with Gasteiger partial charge in [0.25, 0.3) is 0 Å². The quantitative estimate of drug-likeness (QED) is 0.715. The third-order valence-corrected chi connectivity index (χ3v) is 15.3. The van der Waals surface area contributed by atoms with Crippen molar-refractivity contribution in [3.63, 3.8) is 0 Å². The van der Waals surface area contributed by atoms with Crippen molar-refractivity contribution < 1.29 is 8.91 Å². The van der Waals surface area contributed by atoms with Crippen LogP contribution in [0.3, 0.4) is 0 Å². The van der Waals surface area contributed by atoms with Crippen LogP contribution in [0.15, 0.2) is 0 Å². The monoisotopic (exact) mass is 276 g/mol. The predicted octanol–water partition coefficient (Wildman–Crippen LogP) is 4.65. The van der Waals surface area contributed by atoms with E-state index in [1.54, 1.807) is 0 Å². The van der Waals surface area contributed by atoms with Crippen LogP contribution in [0.25, 0.3) is 0 Å². The molecule has 0 aliphatic carbocycles. The van der Waals surface area contributed by atoms with E-state index in [1.807, 2.05) is 0 Å². The van der Waals surface area contributed by atoms with E-state index in [9.17, 15) is 4.80 Å². The van der Waals surface area contributed by atoms with Gasteiger partial charge in [-0.15, -0.1) is 0 Å². The Morgan fingerprint density at radius 2 is 1.00 bits per heavy atom. The van der Waals surface area contributed by atoms with E-state index in [2.05, 4.69) is 61.9 Å². The number of rotatable bonds is 6. The van der Waals surface area contributed by atoms with Crippen molar-refractivity contribution in [1.82, 2.24) is 0 Å². The van der Waals surface area contributed by atoms with Crippen LogP contribution < -0.4 is 0 Å². The van der Waals surface area contributed by atoms with Crippen LogP contribution in [0.4, 0.5) is 0 Å². The molecule has 0 aliphatic heterocycles. The molecular formula is C13H32O2Si2. The molecule has 2 nitrogen and oxygen atoms in total. The summed E-state index contributed by atoms with van der Waals surface area (Å²) in [5, 5.41) is 0. The first-order valence-electron chi connectivity index (χ1n) is 6.91. The second kappa shape index (κ2) is 6.00. The van der Waals surface area contributed by atoms with E-state index in [0.717, 1.165) is 0 Å². The lowest BCUT2D eigenvalue weighted by Crippen LogP contribution is -2.56. The van der Waals surface area contributed by atoms with Crippen molar-refractivity contribution in [2.75, 3.05) is 0 Å². The van der Waals surface area contributed by atoms with Gasteiger partial charge in [-0.05, 0) is 28.7 Å². The lowest BCUT2D eigenvalue weighted by molar-refractivity contribution is 0.324. The molecule has 0 saturated heterocycles. The Balaban J connectivity index is 5.22. The Morgan fingerprint density at radius 3 is 1.18 bits per heavy atom. The summed E-state index contributed by atoms with van der Waals surface area (Å²) in [5.74, 6) is 0. The molecule has 0 saturated carbocycles. The zero-order valence-electron chi connectivity index (χ0n) is 13.2. The lowest BCUT2D eigenvalue weighted by atomic mass is 10.5. The maximum absolute atomic E-state index is 11.0. The van der Waals surface area contributed by atoms with Gasteiger partial charge in [-0.1, -0.05) is 55.4 Å².